The van der Waals surface area contributed by atoms with Crippen molar-refractivity contribution in [1.82, 2.24) is 4.98 Å². The van der Waals surface area contributed by atoms with E-state index in [0.29, 0.717) is 28.9 Å². The van der Waals surface area contributed by atoms with E-state index >= 15 is 0 Å². The lowest BCUT2D eigenvalue weighted by atomic mass is 9.86. The number of pyridine rings is 1. The second kappa shape index (κ2) is 12.3. The fourth-order valence-electron chi connectivity index (χ4n) is 4.09. The van der Waals surface area contributed by atoms with Gasteiger partial charge in [-0.2, -0.15) is 0 Å². The molecule has 1 heterocycles. The van der Waals surface area contributed by atoms with E-state index in [-0.39, 0.29) is 31.8 Å². The summed E-state index contributed by atoms with van der Waals surface area (Å²) in [6.45, 7) is 7.50. The third kappa shape index (κ3) is 7.52. The molecule has 2 aromatic carbocycles. The summed E-state index contributed by atoms with van der Waals surface area (Å²) in [5, 5.41) is 13.2. The number of anilines is 2. The summed E-state index contributed by atoms with van der Waals surface area (Å²) < 4.78 is 11.1. The lowest BCUT2D eigenvalue weighted by Crippen LogP contribution is -2.23. The molecule has 0 bridgehead atoms. The number of hydrogen-bond acceptors (Lipinski definition) is 7. The molecule has 8 heteroatoms. The standard InChI is InChI=1S/C29H34N2O6/c1-5-9-23(32)21-18-30-28-20(27(21)31-22-12-7-6-10-19(22)2)11-8-13-24(28)36-14-15-37-26(35)17-29(3,4)16-25(33)34/h6-8,10-13,18H,5,9,14-17H2,1-4H3,(H,30,31)(H,33,34). The molecule has 1 aromatic heterocycles. The molecule has 0 atom stereocenters. The molecule has 196 valence electrons. The van der Waals surface area contributed by atoms with Crippen LogP contribution in [0, 0.1) is 12.3 Å². The number of carboxylic acid groups (broad SMARTS) is 1. The number of hydrogen-bond donors (Lipinski definition) is 2. The molecule has 0 fully saturated rings. The van der Waals surface area contributed by atoms with Crippen molar-refractivity contribution in [3.05, 3.63) is 59.8 Å². The van der Waals surface area contributed by atoms with Crippen LogP contribution < -0.4 is 10.1 Å². The van der Waals surface area contributed by atoms with E-state index < -0.39 is 17.4 Å². The Morgan fingerprint density at radius 3 is 2.49 bits per heavy atom. The molecule has 2 N–H and O–H groups in total. The zero-order chi connectivity index (χ0) is 27.0. The minimum Gasteiger partial charge on any atom is -0.488 e. The second-order valence-electron chi connectivity index (χ2n) is 9.79. The van der Waals surface area contributed by atoms with Gasteiger partial charge in [0.05, 0.1) is 24.1 Å². The van der Waals surface area contributed by atoms with Gasteiger partial charge in [-0.15, -0.1) is 0 Å². The summed E-state index contributed by atoms with van der Waals surface area (Å²) in [5.41, 5.74) is 3.02. The fourth-order valence-corrected chi connectivity index (χ4v) is 4.09. The van der Waals surface area contributed by atoms with Crippen LogP contribution in [0.15, 0.2) is 48.7 Å². The van der Waals surface area contributed by atoms with E-state index in [1.807, 2.05) is 50.2 Å². The van der Waals surface area contributed by atoms with Crippen molar-refractivity contribution in [2.75, 3.05) is 18.5 Å². The molecule has 0 spiro atoms. The van der Waals surface area contributed by atoms with E-state index in [2.05, 4.69) is 10.3 Å². The van der Waals surface area contributed by atoms with Gasteiger partial charge in [0.25, 0.3) is 0 Å². The first-order valence-corrected chi connectivity index (χ1v) is 12.4. The van der Waals surface area contributed by atoms with Crippen molar-refractivity contribution >= 4 is 40.0 Å². The predicted octanol–water partition coefficient (Wildman–Crippen LogP) is 6.08. The molecule has 3 rings (SSSR count). The molecule has 0 amide bonds. The lowest BCUT2D eigenvalue weighted by Gasteiger charge is -2.21. The number of ether oxygens (including phenoxy) is 2. The third-order valence-electron chi connectivity index (χ3n) is 5.90. The number of nitrogens with zero attached hydrogens (tertiary/aromatic N) is 1. The van der Waals surface area contributed by atoms with Crippen molar-refractivity contribution in [3.8, 4) is 5.75 Å². The molecule has 0 aliphatic carbocycles. The van der Waals surface area contributed by atoms with Crippen molar-refractivity contribution in [3.63, 3.8) is 0 Å². The average Bonchev–Trinajstić information content (AvgIpc) is 2.82. The number of para-hydroxylation sites is 2. The third-order valence-corrected chi connectivity index (χ3v) is 5.90. The Morgan fingerprint density at radius 1 is 1.03 bits per heavy atom. The highest BCUT2D eigenvalue weighted by molar-refractivity contribution is 6.09. The number of rotatable bonds is 13. The number of ketones is 1. The van der Waals surface area contributed by atoms with Gasteiger partial charge in [-0.1, -0.05) is 51.1 Å². The van der Waals surface area contributed by atoms with Gasteiger partial charge < -0.3 is 19.9 Å². The van der Waals surface area contributed by atoms with Crippen LogP contribution in [0.4, 0.5) is 11.4 Å². The molecule has 0 saturated heterocycles. The molecule has 0 unspecified atom stereocenters. The first-order valence-electron chi connectivity index (χ1n) is 12.4. The van der Waals surface area contributed by atoms with Crippen LogP contribution in [0.2, 0.25) is 0 Å². The number of aryl methyl sites for hydroxylation is 1. The maximum Gasteiger partial charge on any atom is 0.306 e. The maximum absolute atomic E-state index is 12.9. The van der Waals surface area contributed by atoms with Crippen molar-refractivity contribution in [2.24, 2.45) is 5.41 Å². The Hall–Kier alpha value is -3.94. The van der Waals surface area contributed by atoms with E-state index in [9.17, 15) is 14.4 Å². The molecule has 37 heavy (non-hydrogen) atoms. The quantitative estimate of drug-likeness (QED) is 0.163. The lowest BCUT2D eigenvalue weighted by molar-refractivity contribution is -0.148. The Balaban J connectivity index is 1.79. The molecular formula is C29H34N2O6. The first kappa shape index (κ1) is 27.6. The van der Waals surface area contributed by atoms with E-state index in [1.54, 1.807) is 26.1 Å². The number of carbonyl (C=O) groups excluding carboxylic acids is 2. The van der Waals surface area contributed by atoms with Crippen molar-refractivity contribution in [1.29, 1.82) is 0 Å². The average molecular weight is 507 g/mol. The Kier molecular flexibility index (Phi) is 9.22. The van der Waals surface area contributed by atoms with E-state index in [0.717, 1.165) is 23.1 Å². The van der Waals surface area contributed by atoms with Gasteiger partial charge in [0, 0.05) is 23.7 Å². The normalized spacial score (nSPS) is 11.2. The zero-order valence-electron chi connectivity index (χ0n) is 21.8. The van der Waals surface area contributed by atoms with Crippen LogP contribution in [0.25, 0.3) is 10.9 Å². The Labute approximate surface area is 217 Å². The molecular weight excluding hydrogens is 472 g/mol. The van der Waals surface area contributed by atoms with Gasteiger partial charge in [-0.25, -0.2) is 0 Å². The van der Waals surface area contributed by atoms with Crippen LogP contribution in [-0.4, -0.2) is 41.0 Å². The number of benzene rings is 2. The van der Waals surface area contributed by atoms with Crippen LogP contribution in [-0.2, 0) is 14.3 Å². The van der Waals surface area contributed by atoms with Crippen molar-refractivity contribution in [2.45, 2.75) is 53.4 Å². The predicted molar refractivity (Wildman–Crippen MR) is 143 cm³/mol. The summed E-state index contributed by atoms with van der Waals surface area (Å²) in [7, 11) is 0. The number of nitrogens with one attached hydrogen (secondary N) is 1. The molecule has 8 nitrogen and oxygen atoms in total. The summed E-state index contributed by atoms with van der Waals surface area (Å²) in [4.78, 5) is 40.6. The monoisotopic (exact) mass is 506 g/mol. The van der Waals surface area contributed by atoms with Gasteiger partial charge in [-0.05, 0) is 36.5 Å². The molecule has 0 radical (unpaired) electrons. The largest absolute Gasteiger partial charge is 0.488 e. The number of Topliss-reactive ketones (excluding diaryl/α,β-unsaturated/α-hetero) is 1. The minimum absolute atomic E-state index is 0.00236. The number of esters is 1. The van der Waals surface area contributed by atoms with E-state index in [4.69, 9.17) is 14.6 Å². The summed E-state index contributed by atoms with van der Waals surface area (Å²) in [6.07, 6.45) is 2.61. The molecule has 0 saturated carbocycles. The van der Waals surface area contributed by atoms with Gasteiger partial charge in [0.15, 0.2) is 5.78 Å². The number of aliphatic carboxylic acids is 1. The van der Waals surface area contributed by atoms with Crippen molar-refractivity contribution < 1.29 is 29.0 Å². The van der Waals surface area contributed by atoms with Crippen LogP contribution in [0.3, 0.4) is 0 Å². The van der Waals surface area contributed by atoms with Gasteiger partial charge in [0.1, 0.15) is 24.5 Å². The molecule has 3 aromatic rings. The Bertz CT molecular complexity index is 1280. The molecule has 0 aliphatic rings. The number of fused-ring (bicyclic) bond motifs is 1. The first-order chi connectivity index (χ1) is 17.6. The zero-order valence-corrected chi connectivity index (χ0v) is 21.8. The summed E-state index contributed by atoms with van der Waals surface area (Å²) >= 11 is 0. The Morgan fingerprint density at radius 2 is 1.78 bits per heavy atom. The van der Waals surface area contributed by atoms with Gasteiger partial charge >= 0.3 is 11.9 Å². The number of carbonyl (C=O) groups is 3. The van der Waals surface area contributed by atoms with Gasteiger partial charge in [-0.3, -0.25) is 19.4 Å². The number of aromatic nitrogens is 1. The van der Waals surface area contributed by atoms with Crippen LogP contribution >= 0.6 is 0 Å². The highest BCUT2D eigenvalue weighted by Gasteiger charge is 2.26. The molecule has 0 aliphatic heterocycles. The maximum atomic E-state index is 12.9. The smallest absolute Gasteiger partial charge is 0.306 e. The second-order valence-corrected chi connectivity index (χ2v) is 9.79. The summed E-state index contributed by atoms with van der Waals surface area (Å²) in [5.74, 6) is -0.922. The highest BCUT2D eigenvalue weighted by Crippen LogP contribution is 2.35. The highest BCUT2D eigenvalue weighted by atomic mass is 16.6. The summed E-state index contributed by atoms with van der Waals surface area (Å²) in [6, 6.07) is 13.4. The fraction of sp³-hybridized carbons (Fsp3) is 0.379. The minimum atomic E-state index is -0.958. The number of carboxylic acids is 1. The SMILES string of the molecule is CCCC(=O)c1cnc2c(OCCOC(=O)CC(C)(C)CC(=O)O)cccc2c1Nc1ccccc1C. The topological polar surface area (TPSA) is 115 Å². The van der Waals surface area contributed by atoms with E-state index in [1.165, 1.54) is 0 Å². The van der Waals surface area contributed by atoms with Crippen LogP contribution in [0.5, 0.6) is 5.75 Å². The van der Waals surface area contributed by atoms with Gasteiger partial charge in [0.2, 0.25) is 0 Å². The van der Waals surface area contributed by atoms with Crippen LogP contribution in [0.1, 0.15) is 62.4 Å².